The minimum Gasteiger partial charge on any atom is -0.496 e. The van der Waals surface area contributed by atoms with Gasteiger partial charge in [0.1, 0.15) is 17.6 Å². The number of rotatable bonds is 5. The Morgan fingerprint density at radius 2 is 1.80 bits per heavy atom. The van der Waals surface area contributed by atoms with Crippen molar-refractivity contribution in [2.45, 2.75) is 17.6 Å². The van der Waals surface area contributed by atoms with E-state index in [1.54, 1.807) is 19.2 Å². The topological polar surface area (TPSA) is 63.6 Å². The number of aryl methyl sites for hydroxylation is 1. The number of halogens is 1. The lowest BCUT2D eigenvalue weighted by atomic mass is 10.0. The summed E-state index contributed by atoms with van der Waals surface area (Å²) >= 11 is 1.37. The molecule has 5 rings (SSSR count). The Morgan fingerprint density at radius 3 is 2.60 bits per heavy atom. The summed E-state index contributed by atoms with van der Waals surface area (Å²) in [5, 5.41) is 4.64. The maximum absolute atomic E-state index is 15.0. The second kappa shape index (κ2) is 9.46. The van der Waals surface area contributed by atoms with E-state index in [0.717, 1.165) is 21.5 Å². The van der Waals surface area contributed by atoms with Gasteiger partial charge in [0.15, 0.2) is 0 Å². The third kappa shape index (κ3) is 4.04. The van der Waals surface area contributed by atoms with E-state index < -0.39 is 17.8 Å². The fourth-order valence-electron chi connectivity index (χ4n) is 4.61. The maximum atomic E-state index is 15.0. The van der Waals surface area contributed by atoms with Gasteiger partial charge < -0.3 is 14.6 Å². The number of aromatic nitrogens is 1. The maximum Gasteiger partial charge on any atom is 0.248 e. The van der Waals surface area contributed by atoms with Gasteiger partial charge in [0, 0.05) is 35.6 Å². The van der Waals surface area contributed by atoms with Crippen molar-refractivity contribution in [2.24, 2.45) is 7.05 Å². The van der Waals surface area contributed by atoms with Crippen molar-refractivity contribution < 1.29 is 18.7 Å². The third-order valence-corrected chi connectivity index (χ3v) is 7.39. The smallest absolute Gasteiger partial charge is 0.248 e. The van der Waals surface area contributed by atoms with E-state index >= 15 is 4.39 Å². The first kappa shape index (κ1) is 23.0. The first-order valence-corrected chi connectivity index (χ1v) is 12.2. The summed E-state index contributed by atoms with van der Waals surface area (Å²) in [4.78, 5) is 28.6. The molecule has 2 heterocycles. The largest absolute Gasteiger partial charge is 0.496 e. The van der Waals surface area contributed by atoms with Crippen molar-refractivity contribution in [3.8, 4) is 5.75 Å². The van der Waals surface area contributed by atoms with Gasteiger partial charge in [-0.1, -0.05) is 60.3 Å². The summed E-state index contributed by atoms with van der Waals surface area (Å²) in [6.45, 7) is 0.200. The molecule has 0 saturated carbocycles. The standard InChI is InChI=1S/C27H24FN3O3S/c1-30-20-12-6-4-10-18(20)24-25(26(33)29-15-17-9-3-8-14-22(17)34-2)31(23(32)16-35-27(24)30)21-13-7-5-11-19(21)28/h3-14,25H,15-16H2,1-2H3,(H,29,33)/t25-/m0/s1. The highest BCUT2D eigenvalue weighted by molar-refractivity contribution is 8.00. The number of thioether (sulfide) groups is 1. The minimum absolute atomic E-state index is 0.0799. The van der Waals surface area contributed by atoms with Gasteiger partial charge in [-0.25, -0.2) is 4.39 Å². The lowest BCUT2D eigenvalue weighted by Crippen LogP contribution is -2.44. The monoisotopic (exact) mass is 489 g/mol. The third-order valence-electron chi connectivity index (χ3n) is 6.23. The number of carbonyl (C=O) groups is 2. The molecule has 178 valence electrons. The molecule has 0 unspecified atom stereocenters. The predicted molar refractivity (Wildman–Crippen MR) is 135 cm³/mol. The molecule has 35 heavy (non-hydrogen) atoms. The Balaban J connectivity index is 1.65. The zero-order chi connectivity index (χ0) is 24.5. The van der Waals surface area contributed by atoms with Crippen molar-refractivity contribution in [3.63, 3.8) is 0 Å². The number of benzene rings is 3. The quantitative estimate of drug-likeness (QED) is 0.437. The Bertz CT molecular complexity index is 1430. The molecule has 4 aromatic rings. The molecule has 1 aliphatic heterocycles. The van der Waals surface area contributed by atoms with Gasteiger partial charge in [0.25, 0.3) is 0 Å². The number of carbonyl (C=O) groups excluding carboxylic acids is 2. The normalized spacial score (nSPS) is 15.6. The van der Waals surface area contributed by atoms with E-state index in [0.29, 0.717) is 11.3 Å². The van der Waals surface area contributed by atoms with Crippen LogP contribution in [0.1, 0.15) is 17.2 Å². The van der Waals surface area contributed by atoms with E-state index in [2.05, 4.69) is 5.32 Å². The molecule has 0 radical (unpaired) electrons. The Morgan fingerprint density at radius 1 is 1.09 bits per heavy atom. The number of anilines is 1. The summed E-state index contributed by atoms with van der Waals surface area (Å²) in [5.74, 6) is -0.554. The molecular weight excluding hydrogens is 465 g/mol. The second-order valence-corrected chi connectivity index (χ2v) is 9.20. The van der Waals surface area contributed by atoms with E-state index in [1.807, 2.05) is 60.1 Å². The molecule has 1 atom stereocenters. The summed E-state index contributed by atoms with van der Waals surface area (Å²) in [7, 11) is 3.49. The van der Waals surface area contributed by atoms with Gasteiger partial charge in [-0.15, -0.1) is 0 Å². The molecule has 0 saturated heterocycles. The number of nitrogens with one attached hydrogen (secondary N) is 1. The fourth-order valence-corrected chi connectivity index (χ4v) is 5.68. The molecule has 0 fully saturated rings. The summed E-state index contributed by atoms with van der Waals surface area (Å²) < 4.78 is 22.4. The van der Waals surface area contributed by atoms with E-state index in [4.69, 9.17) is 4.74 Å². The number of hydrogen-bond acceptors (Lipinski definition) is 4. The number of hydrogen-bond donors (Lipinski definition) is 1. The average molecular weight is 490 g/mol. The molecule has 6 nitrogen and oxygen atoms in total. The van der Waals surface area contributed by atoms with E-state index in [9.17, 15) is 9.59 Å². The number of para-hydroxylation sites is 3. The lowest BCUT2D eigenvalue weighted by molar-refractivity contribution is -0.126. The lowest BCUT2D eigenvalue weighted by Gasteiger charge is -2.30. The molecular formula is C27H24FN3O3S. The molecule has 1 N–H and O–H groups in total. The van der Waals surface area contributed by atoms with Crippen LogP contribution in [0.4, 0.5) is 10.1 Å². The highest BCUT2D eigenvalue weighted by Crippen LogP contribution is 2.43. The van der Waals surface area contributed by atoms with Crippen LogP contribution >= 0.6 is 11.8 Å². The van der Waals surface area contributed by atoms with Crippen LogP contribution in [0.25, 0.3) is 10.9 Å². The van der Waals surface area contributed by atoms with Crippen LogP contribution in [-0.2, 0) is 23.2 Å². The SMILES string of the molecule is COc1ccccc1CNC(=O)[C@@H]1c2c(n(C)c3ccccc23)SCC(=O)N1c1ccccc1F. The minimum atomic E-state index is -1.05. The highest BCUT2D eigenvalue weighted by atomic mass is 32.2. The van der Waals surface area contributed by atoms with Gasteiger partial charge in [-0.05, 0) is 24.3 Å². The number of fused-ring (bicyclic) bond motifs is 3. The summed E-state index contributed by atoms with van der Waals surface area (Å²) in [6, 6.07) is 20.2. The van der Waals surface area contributed by atoms with Crippen molar-refractivity contribution >= 4 is 40.2 Å². The number of methoxy groups -OCH3 is 1. The first-order chi connectivity index (χ1) is 17.0. The Labute approximate surface area is 206 Å². The van der Waals surface area contributed by atoms with E-state index in [1.165, 1.54) is 28.8 Å². The van der Waals surface area contributed by atoms with Gasteiger partial charge in [-0.2, -0.15) is 0 Å². The predicted octanol–water partition coefficient (Wildman–Crippen LogP) is 4.82. The first-order valence-electron chi connectivity index (χ1n) is 11.2. The zero-order valence-corrected chi connectivity index (χ0v) is 20.1. The van der Waals surface area contributed by atoms with Crippen LogP contribution in [-0.4, -0.2) is 29.2 Å². The van der Waals surface area contributed by atoms with Gasteiger partial charge in [-0.3, -0.25) is 14.5 Å². The number of amides is 2. The molecule has 0 bridgehead atoms. The van der Waals surface area contributed by atoms with Gasteiger partial charge in [0.2, 0.25) is 11.8 Å². The molecule has 1 aromatic heterocycles. The summed E-state index contributed by atoms with van der Waals surface area (Å²) in [5.41, 5.74) is 2.51. The van der Waals surface area contributed by atoms with E-state index in [-0.39, 0.29) is 23.9 Å². The molecule has 0 aliphatic carbocycles. The van der Waals surface area contributed by atoms with Gasteiger partial charge in [0.05, 0.1) is 23.6 Å². The van der Waals surface area contributed by atoms with Crippen molar-refractivity contribution in [2.75, 3.05) is 17.8 Å². The molecule has 2 amide bonds. The number of ether oxygens (including phenoxy) is 1. The molecule has 1 aliphatic rings. The van der Waals surface area contributed by atoms with Crippen molar-refractivity contribution in [1.82, 2.24) is 9.88 Å². The summed E-state index contributed by atoms with van der Waals surface area (Å²) in [6.07, 6.45) is 0. The Kier molecular flexibility index (Phi) is 6.21. The Hall–Kier alpha value is -3.78. The molecule has 0 spiro atoms. The molecule has 3 aromatic carbocycles. The van der Waals surface area contributed by atoms with Crippen LogP contribution < -0.4 is 15.0 Å². The van der Waals surface area contributed by atoms with Crippen molar-refractivity contribution in [1.29, 1.82) is 0 Å². The fraction of sp³-hybridized carbons (Fsp3) is 0.185. The second-order valence-electron chi connectivity index (χ2n) is 8.23. The number of nitrogens with zero attached hydrogens (tertiary/aromatic N) is 2. The van der Waals surface area contributed by atoms with Crippen LogP contribution in [0.5, 0.6) is 5.75 Å². The van der Waals surface area contributed by atoms with Crippen LogP contribution in [0.15, 0.2) is 77.8 Å². The van der Waals surface area contributed by atoms with Crippen LogP contribution in [0, 0.1) is 5.82 Å². The average Bonchev–Trinajstić information content (AvgIpc) is 3.06. The van der Waals surface area contributed by atoms with Crippen LogP contribution in [0.3, 0.4) is 0 Å². The highest BCUT2D eigenvalue weighted by Gasteiger charge is 2.40. The zero-order valence-electron chi connectivity index (χ0n) is 19.3. The molecule has 8 heteroatoms. The van der Waals surface area contributed by atoms with Gasteiger partial charge >= 0.3 is 0 Å². The van der Waals surface area contributed by atoms with Crippen molar-refractivity contribution in [3.05, 3.63) is 89.7 Å². The van der Waals surface area contributed by atoms with Crippen LogP contribution in [0.2, 0.25) is 0 Å².